The molecule has 2 heteroatoms. The summed E-state index contributed by atoms with van der Waals surface area (Å²) in [5.41, 5.74) is 15.8. The van der Waals surface area contributed by atoms with Crippen LogP contribution in [0, 0.1) is 57.2 Å². The van der Waals surface area contributed by atoms with E-state index in [1.165, 1.54) is 83.5 Å². The zero-order chi connectivity index (χ0) is 29.8. The minimum absolute atomic E-state index is 0.393. The molecular formula is C37H74N2. The lowest BCUT2D eigenvalue weighted by Gasteiger charge is -2.46. The zero-order valence-corrected chi connectivity index (χ0v) is 29.0. The number of hydrogen-bond acceptors (Lipinski definition) is 2. The van der Waals surface area contributed by atoms with Crippen LogP contribution < -0.4 is 11.5 Å². The van der Waals surface area contributed by atoms with Gasteiger partial charge in [-0.25, -0.2) is 0 Å². The molecule has 0 saturated heterocycles. The van der Waals surface area contributed by atoms with Gasteiger partial charge in [-0.2, -0.15) is 0 Å². The summed E-state index contributed by atoms with van der Waals surface area (Å²) in [7, 11) is 0. The predicted octanol–water partition coefficient (Wildman–Crippen LogP) is 10.6. The van der Waals surface area contributed by atoms with Crippen molar-refractivity contribution in [1.82, 2.24) is 0 Å². The van der Waals surface area contributed by atoms with E-state index in [1.54, 1.807) is 0 Å². The number of nitrogens with two attached hydrogens (primary N) is 2. The molecule has 0 spiro atoms. The van der Waals surface area contributed by atoms with Gasteiger partial charge in [-0.15, -0.1) is 0 Å². The topological polar surface area (TPSA) is 52.0 Å². The third kappa shape index (κ3) is 13.6. The summed E-state index contributed by atoms with van der Waals surface area (Å²) in [6.45, 7) is 28.8. The van der Waals surface area contributed by atoms with Crippen molar-refractivity contribution < 1.29 is 0 Å². The molecule has 4 unspecified atom stereocenters. The van der Waals surface area contributed by atoms with Gasteiger partial charge in [0.1, 0.15) is 0 Å². The second kappa shape index (κ2) is 13.9. The van der Waals surface area contributed by atoms with Crippen molar-refractivity contribution in [2.75, 3.05) is 0 Å². The lowest BCUT2D eigenvalue weighted by molar-refractivity contribution is 0.0755. The van der Waals surface area contributed by atoms with Gasteiger partial charge in [0, 0.05) is 12.1 Å². The third-order valence-electron chi connectivity index (χ3n) is 10.4. The Labute approximate surface area is 247 Å². The molecule has 0 radical (unpaired) electrons. The highest BCUT2D eigenvalue weighted by atomic mass is 14.7. The normalized spacial score (nSPS) is 33.4. The van der Waals surface area contributed by atoms with Gasteiger partial charge < -0.3 is 11.5 Å². The highest BCUT2D eigenvalue weighted by molar-refractivity contribution is 4.94. The lowest BCUT2D eigenvalue weighted by atomic mass is 9.62. The second-order valence-electron chi connectivity index (χ2n) is 19.5. The van der Waals surface area contributed by atoms with E-state index in [2.05, 4.69) is 83.1 Å². The van der Waals surface area contributed by atoms with Gasteiger partial charge in [-0.3, -0.25) is 0 Å². The fourth-order valence-electron chi connectivity index (χ4n) is 7.87. The zero-order valence-electron chi connectivity index (χ0n) is 29.0. The van der Waals surface area contributed by atoms with Crippen LogP contribution in [0.3, 0.4) is 0 Å². The van der Waals surface area contributed by atoms with Crippen LogP contribution in [0.5, 0.6) is 0 Å². The van der Waals surface area contributed by atoms with Crippen LogP contribution in [-0.4, -0.2) is 12.1 Å². The minimum atomic E-state index is 0.393. The first-order valence-electron chi connectivity index (χ1n) is 17.1. The molecule has 2 aliphatic rings. The minimum Gasteiger partial charge on any atom is -0.327 e. The maximum atomic E-state index is 7.08. The molecular weight excluding hydrogens is 472 g/mol. The van der Waals surface area contributed by atoms with E-state index in [4.69, 9.17) is 11.5 Å². The van der Waals surface area contributed by atoms with Crippen molar-refractivity contribution in [2.45, 2.75) is 179 Å². The molecule has 0 aromatic rings. The van der Waals surface area contributed by atoms with Gasteiger partial charge in [0.15, 0.2) is 0 Å². The molecule has 232 valence electrons. The lowest BCUT2D eigenvalue weighted by Crippen LogP contribution is -2.46. The monoisotopic (exact) mass is 547 g/mol. The molecule has 4 N–H and O–H groups in total. The Balaban J connectivity index is 2.17. The van der Waals surface area contributed by atoms with Crippen LogP contribution in [0.25, 0.3) is 0 Å². The summed E-state index contributed by atoms with van der Waals surface area (Å²) in [5, 5.41) is 0. The van der Waals surface area contributed by atoms with Gasteiger partial charge in [0.2, 0.25) is 0 Å². The third-order valence-corrected chi connectivity index (χ3v) is 10.4. The van der Waals surface area contributed by atoms with E-state index < -0.39 is 0 Å². The maximum absolute atomic E-state index is 7.08. The van der Waals surface area contributed by atoms with E-state index in [1.807, 2.05) is 0 Å². The molecule has 0 heterocycles. The summed E-state index contributed by atoms with van der Waals surface area (Å²) in [4.78, 5) is 0. The Morgan fingerprint density at radius 3 is 0.795 bits per heavy atom. The van der Waals surface area contributed by atoms with Crippen molar-refractivity contribution in [1.29, 1.82) is 0 Å². The van der Waals surface area contributed by atoms with E-state index in [9.17, 15) is 0 Å². The highest BCUT2D eigenvalue weighted by Gasteiger charge is 2.40. The van der Waals surface area contributed by atoms with Crippen LogP contribution >= 0.6 is 0 Å². The van der Waals surface area contributed by atoms with E-state index in [0.29, 0.717) is 57.4 Å². The van der Waals surface area contributed by atoms with E-state index in [-0.39, 0.29) is 0 Å². The quantitative estimate of drug-likeness (QED) is 0.286. The van der Waals surface area contributed by atoms with E-state index >= 15 is 0 Å². The predicted molar refractivity (Wildman–Crippen MR) is 175 cm³/mol. The summed E-state index contributed by atoms with van der Waals surface area (Å²) in [5.74, 6) is 4.51. The molecule has 2 fully saturated rings. The summed E-state index contributed by atoms with van der Waals surface area (Å²) < 4.78 is 0. The van der Waals surface area contributed by atoms with Crippen molar-refractivity contribution in [3.63, 3.8) is 0 Å². The first kappa shape index (κ1) is 35.1. The number of rotatable bonds is 10. The molecule has 4 atom stereocenters. The van der Waals surface area contributed by atoms with Crippen molar-refractivity contribution >= 4 is 0 Å². The Morgan fingerprint density at radius 2 is 0.615 bits per heavy atom. The van der Waals surface area contributed by atoms with Crippen LogP contribution in [0.15, 0.2) is 0 Å². The summed E-state index contributed by atoms with van der Waals surface area (Å²) >= 11 is 0. The Morgan fingerprint density at radius 1 is 0.410 bits per heavy atom. The standard InChI is InChI=1S/C37H74N2/c1-34(2,3)17-13-28-22-26(23-29(32(28)38)14-18-35(4,5)6)21-27-24-30(15-19-36(7,8)9)33(39)31(25-27)16-20-37(10,11)12/h26-33H,13-25,38-39H2,1-12H3. The first-order chi connectivity index (χ1) is 17.6. The Bertz CT molecular complexity index is 581. The average Bonchev–Trinajstić information content (AvgIpc) is 2.75. The maximum Gasteiger partial charge on any atom is 0.00958 e. The molecule has 0 amide bonds. The van der Waals surface area contributed by atoms with Crippen LogP contribution in [0.1, 0.15) is 167 Å². The smallest absolute Gasteiger partial charge is 0.00958 e. The van der Waals surface area contributed by atoms with Crippen LogP contribution in [0.4, 0.5) is 0 Å². The number of hydrogen-bond donors (Lipinski definition) is 2. The molecule has 0 aliphatic heterocycles. The molecule has 39 heavy (non-hydrogen) atoms. The average molecular weight is 547 g/mol. The van der Waals surface area contributed by atoms with Crippen molar-refractivity contribution in [3.8, 4) is 0 Å². The SMILES string of the molecule is CC(C)(C)CCC1CC(CC2CC(CCC(C)(C)C)C(N)C(CCC(C)(C)C)C2)CC(CCC(C)(C)C)C1N. The van der Waals surface area contributed by atoms with Gasteiger partial charge in [0.25, 0.3) is 0 Å². The summed E-state index contributed by atoms with van der Waals surface area (Å²) in [6, 6.07) is 0.787. The van der Waals surface area contributed by atoms with Crippen LogP contribution in [0.2, 0.25) is 0 Å². The summed E-state index contributed by atoms with van der Waals surface area (Å²) in [6.07, 6.45) is 17.3. The molecule has 2 rings (SSSR count). The van der Waals surface area contributed by atoms with Crippen molar-refractivity contribution in [3.05, 3.63) is 0 Å². The fraction of sp³-hybridized carbons (Fsp3) is 1.00. The van der Waals surface area contributed by atoms with Gasteiger partial charge in [0.05, 0.1) is 0 Å². The van der Waals surface area contributed by atoms with Gasteiger partial charge in [-0.1, -0.05) is 83.1 Å². The van der Waals surface area contributed by atoms with Gasteiger partial charge in [-0.05, 0) is 141 Å². The Kier molecular flexibility index (Phi) is 12.5. The van der Waals surface area contributed by atoms with Gasteiger partial charge >= 0.3 is 0 Å². The highest BCUT2D eigenvalue weighted by Crippen LogP contribution is 2.47. The largest absolute Gasteiger partial charge is 0.327 e. The fourth-order valence-corrected chi connectivity index (χ4v) is 7.87. The molecule has 0 aromatic heterocycles. The molecule has 2 aliphatic carbocycles. The van der Waals surface area contributed by atoms with Crippen LogP contribution in [-0.2, 0) is 0 Å². The van der Waals surface area contributed by atoms with Crippen molar-refractivity contribution in [2.24, 2.45) is 68.6 Å². The second-order valence-corrected chi connectivity index (χ2v) is 19.5. The Hall–Kier alpha value is -0.0800. The molecule has 0 bridgehead atoms. The molecule has 2 saturated carbocycles. The molecule has 2 nitrogen and oxygen atoms in total. The molecule has 0 aromatic carbocycles. The van der Waals surface area contributed by atoms with E-state index in [0.717, 1.165) is 11.8 Å². The first-order valence-corrected chi connectivity index (χ1v) is 17.1.